The Kier molecular flexibility index (Phi) is 6.76. The topological polar surface area (TPSA) is 78.0 Å². The van der Waals surface area contributed by atoms with E-state index < -0.39 is 10.0 Å². The van der Waals surface area contributed by atoms with Crippen molar-refractivity contribution in [3.8, 4) is 0 Å². The Bertz CT molecular complexity index is 835. The number of nitrogens with zero attached hydrogens (tertiary/aromatic N) is 3. The van der Waals surface area contributed by atoms with Crippen LogP contribution < -0.4 is 0 Å². The molecule has 0 saturated carbocycles. The minimum atomic E-state index is -3.59. The second-order valence-corrected chi connectivity index (χ2v) is 10.1. The molecule has 7 nitrogen and oxygen atoms in total. The first-order valence-electron chi connectivity index (χ1n) is 10.3. The fourth-order valence-corrected chi connectivity index (χ4v) is 5.75. The molecule has 0 N–H and O–H groups in total. The molecular weight excluding hydrogens is 390 g/mol. The number of sulfonamides is 1. The average Bonchev–Trinajstić information content (AvgIpc) is 2.68. The van der Waals surface area contributed by atoms with Crippen molar-refractivity contribution in [2.75, 3.05) is 32.7 Å². The molecule has 3 rings (SSSR count). The van der Waals surface area contributed by atoms with Gasteiger partial charge >= 0.3 is 0 Å². The summed E-state index contributed by atoms with van der Waals surface area (Å²) in [4.78, 5) is 28.4. The van der Waals surface area contributed by atoms with Gasteiger partial charge in [0.25, 0.3) is 0 Å². The lowest BCUT2D eigenvalue weighted by molar-refractivity contribution is -0.138. The maximum absolute atomic E-state index is 12.9. The van der Waals surface area contributed by atoms with Crippen molar-refractivity contribution in [1.29, 1.82) is 0 Å². The van der Waals surface area contributed by atoms with Crippen LogP contribution in [0.25, 0.3) is 0 Å². The largest absolute Gasteiger partial charge is 0.336 e. The van der Waals surface area contributed by atoms with E-state index in [1.807, 2.05) is 9.80 Å². The SMILES string of the molecule is CC(=O)c1ccc(S(=O)(=O)N2CCN(CC(=O)N3[C@H](C)CCC[C@@H]3C)CC2)cc1. The van der Waals surface area contributed by atoms with Crippen LogP contribution in [0.15, 0.2) is 29.2 Å². The quantitative estimate of drug-likeness (QED) is 0.680. The molecule has 1 aromatic rings. The number of likely N-dealkylation sites (tertiary alicyclic amines) is 1. The molecule has 0 aliphatic carbocycles. The molecular formula is C21H31N3O4S. The standard InChI is InChI=1S/C21H31N3O4S/c1-16-5-4-6-17(2)24(16)21(26)15-22-11-13-23(14-12-22)29(27,28)20-9-7-19(8-10-20)18(3)25/h7-10,16-17H,4-6,11-15H2,1-3H3/t16-,17+. The van der Waals surface area contributed by atoms with Gasteiger partial charge in [-0.15, -0.1) is 0 Å². The third kappa shape index (κ3) is 4.87. The van der Waals surface area contributed by atoms with E-state index in [4.69, 9.17) is 0 Å². The van der Waals surface area contributed by atoms with Crippen molar-refractivity contribution >= 4 is 21.7 Å². The molecule has 0 spiro atoms. The van der Waals surface area contributed by atoms with Gasteiger partial charge < -0.3 is 4.90 Å². The van der Waals surface area contributed by atoms with Gasteiger partial charge in [0.05, 0.1) is 11.4 Å². The van der Waals surface area contributed by atoms with E-state index in [-0.39, 0.29) is 28.7 Å². The molecule has 1 aromatic carbocycles. The van der Waals surface area contributed by atoms with E-state index >= 15 is 0 Å². The Balaban J connectivity index is 1.58. The highest BCUT2D eigenvalue weighted by Crippen LogP contribution is 2.23. The number of ketones is 1. The summed E-state index contributed by atoms with van der Waals surface area (Å²) >= 11 is 0. The lowest BCUT2D eigenvalue weighted by Crippen LogP contribution is -2.54. The maximum atomic E-state index is 12.9. The number of benzene rings is 1. The fourth-order valence-electron chi connectivity index (χ4n) is 4.32. The number of piperazine rings is 1. The highest BCUT2D eigenvalue weighted by atomic mass is 32.2. The van der Waals surface area contributed by atoms with E-state index in [2.05, 4.69) is 13.8 Å². The van der Waals surface area contributed by atoms with Gasteiger partial charge in [-0.05, 0) is 52.2 Å². The van der Waals surface area contributed by atoms with Crippen molar-refractivity contribution in [1.82, 2.24) is 14.1 Å². The number of carbonyl (C=O) groups is 2. The number of amides is 1. The molecule has 29 heavy (non-hydrogen) atoms. The summed E-state index contributed by atoms with van der Waals surface area (Å²) in [6.07, 6.45) is 3.26. The summed E-state index contributed by atoms with van der Waals surface area (Å²) in [6, 6.07) is 6.61. The number of piperidine rings is 1. The maximum Gasteiger partial charge on any atom is 0.243 e. The molecule has 160 valence electrons. The van der Waals surface area contributed by atoms with Crippen LogP contribution in [0.4, 0.5) is 0 Å². The van der Waals surface area contributed by atoms with Gasteiger partial charge in [0, 0.05) is 43.8 Å². The summed E-state index contributed by atoms with van der Waals surface area (Å²) in [5.74, 6) is 0.0467. The zero-order valence-electron chi connectivity index (χ0n) is 17.5. The average molecular weight is 422 g/mol. The molecule has 2 aliphatic rings. The van der Waals surface area contributed by atoms with Gasteiger partial charge in [-0.3, -0.25) is 14.5 Å². The molecule has 1 amide bonds. The molecule has 2 atom stereocenters. The summed E-state index contributed by atoms with van der Waals surface area (Å²) in [7, 11) is -3.59. The van der Waals surface area contributed by atoms with E-state index in [0.29, 0.717) is 38.3 Å². The Morgan fingerprint density at radius 1 is 0.966 bits per heavy atom. The number of hydrogen-bond acceptors (Lipinski definition) is 5. The van der Waals surface area contributed by atoms with Crippen LogP contribution in [0.2, 0.25) is 0 Å². The summed E-state index contributed by atoms with van der Waals surface area (Å²) in [5.41, 5.74) is 0.494. The van der Waals surface area contributed by atoms with Crippen LogP contribution >= 0.6 is 0 Å². The van der Waals surface area contributed by atoms with Crippen molar-refractivity contribution in [3.63, 3.8) is 0 Å². The predicted molar refractivity (Wildman–Crippen MR) is 111 cm³/mol. The van der Waals surface area contributed by atoms with Crippen LogP contribution in [-0.2, 0) is 14.8 Å². The van der Waals surface area contributed by atoms with Gasteiger partial charge in [-0.25, -0.2) is 8.42 Å². The molecule has 2 heterocycles. The zero-order chi connectivity index (χ0) is 21.2. The Morgan fingerprint density at radius 2 is 1.52 bits per heavy atom. The number of carbonyl (C=O) groups excluding carboxylic acids is 2. The molecule has 0 aromatic heterocycles. The monoisotopic (exact) mass is 421 g/mol. The highest BCUT2D eigenvalue weighted by Gasteiger charge is 2.32. The predicted octanol–water partition coefficient (Wildman–Crippen LogP) is 1.98. The Labute approximate surface area is 173 Å². The van der Waals surface area contributed by atoms with E-state index in [1.165, 1.54) is 23.4 Å². The molecule has 8 heteroatoms. The van der Waals surface area contributed by atoms with Crippen LogP contribution in [0.3, 0.4) is 0 Å². The second-order valence-electron chi connectivity index (χ2n) is 8.19. The van der Waals surface area contributed by atoms with E-state index in [0.717, 1.165) is 19.3 Å². The Morgan fingerprint density at radius 3 is 2.03 bits per heavy atom. The minimum Gasteiger partial charge on any atom is -0.336 e. The van der Waals surface area contributed by atoms with Crippen molar-refractivity contribution in [2.45, 2.75) is 57.0 Å². The fraction of sp³-hybridized carbons (Fsp3) is 0.619. The Hall–Kier alpha value is -1.77. The van der Waals surface area contributed by atoms with Gasteiger partial charge in [-0.1, -0.05) is 12.1 Å². The van der Waals surface area contributed by atoms with Gasteiger partial charge in [-0.2, -0.15) is 4.31 Å². The molecule has 2 aliphatic heterocycles. The smallest absolute Gasteiger partial charge is 0.243 e. The third-order valence-corrected chi connectivity index (χ3v) is 7.98. The minimum absolute atomic E-state index is 0.0930. The first-order valence-corrected chi connectivity index (χ1v) is 11.8. The molecule has 0 bridgehead atoms. The van der Waals surface area contributed by atoms with E-state index in [1.54, 1.807) is 12.1 Å². The highest BCUT2D eigenvalue weighted by molar-refractivity contribution is 7.89. The molecule has 2 saturated heterocycles. The van der Waals surface area contributed by atoms with Crippen molar-refractivity contribution in [3.05, 3.63) is 29.8 Å². The summed E-state index contributed by atoms with van der Waals surface area (Å²) < 4.78 is 27.2. The third-order valence-electron chi connectivity index (χ3n) is 6.07. The summed E-state index contributed by atoms with van der Waals surface area (Å²) in [5, 5.41) is 0. The summed E-state index contributed by atoms with van der Waals surface area (Å²) in [6.45, 7) is 7.79. The van der Waals surface area contributed by atoms with Crippen molar-refractivity contribution in [2.24, 2.45) is 0 Å². The second kappa shape index (κ2) is 8.93. The van der Waals surface area contributed by atoms with Gasteiger partial charge in [0.1, 0.15) is 0 Å². The van der Waals surface area contributed by atoms with Crippen LogP contribution in [0, 0.1) is 0 Å². The molecule has 0 radical (unpaired) electrons. The van der Waals surface area contributed by atoms with E-state index in [9.17, 15) is 18.0 Å². The lowest BCUT2D eigenvalue weighted by Gasteiger charge is -2.41. The van der Waals surface area contributed by atoms with Crippen LogP contribution in [0.5, 0.6) is 0 Å². The molecule has 2 fully saturated rings. The van der Waals surface area contributed by atoms with Gasteiger partial charge in [0.15, 0.2) is 5.78 Å². The molecule has 0 unspecified atom stereocenters. The van der Waals surface area contributed by atoms with Crippen molar-refractivity contribution < 1.29 is 18.0 Å². The van der Waals surface area contributed by atoms with Crippen LogP contribution in [-0.4, -0.2) is 79.0 Å². The first kappa shape index (κ1) is 21.9. The zero-order valence-corrected chi connectivity index (χ0v) is 18.3. The number of hydrogen-bond donors (Lipinski definition) is 0. The lowest BCUT2D eigenvalue weighted by atomic mass is 9.97. The number of rotatable bonds is 5. The first-order chi connectivity index (χ1) is 13.7. The van der Waals surface area contributed by atoms with Gasteiger partial charge in [0.2, 0.25) is 15.9 Å². The number of Topliss-reactive ketones (excluding diaryl/α,β-unsaturated/α-hetero) is 1. The normalized spacial score (nSPS) is 24.4. The van der Waals surface area contributed by atoms with Crippen LogP contribution in [0.1, 0.15) is 50.4 Å².